The van der Waals surface area contributed by atoms with Gasteiger partial charge in [-0.25, -0.2) is 0 Å². The molecule has 4 N–H and O–H groups in total. The number of rotatable bonds is 8. The third-order valence-electron chi connectivity index (χ3n) is 8.12. The van der Waals surface area contributed by atoms with Crippen LogP contribution in [-0.4, -0.2) is 68.6 Å². The van der Waals surface area contributed by atoms with Crippen LogP contribution in [0, 0.1) is 0 Å². The van der Waals surface area contributed by atoms with Gasteiger partial charge in [0.05, 0.1) is 17.9 Å². The molecule has 3 fully saturated rings. The van der Waals surface area contributed by atoms with E-state index < -0.39 is 5.91 Å². The molecule has 0 bridgehead atoms. The fourth-order valence-corrected chi connectivity index (χ4v) is 5.57. The predicted octanol–water partition coefficient (Wildman–Crippen LogP) is 2.93. The Morgan fingerprint density at radius 1 is 1.05 bits per heavy atom. The number of benzene rings is 1. The van der Waals surface area contributed by atoms with E-state index in [0.717, 1.165) is 25.7 Å². The lowest BCUT2D eigenvalue weighted by Gasteiger charge is -2.39. The molecule has 40 heavy (non-hydrogen) atoms. The second-order valence-electron chi connectivity index (χ2n) is 10.9. The summed E-state index contributed by atoms with van der Waals surface area (Å²) in [5, 5.41) is 19.2. The van der Waals surface area contributed by atoms with Gasteiger partial charge in [0.1, 0.15) is 0 Å². The minimum absolute atomic E-state index is 0.0493. The normalized spacial score (nSPS) is 21.7. The first-order chi connectivity index (χ1) is 19.5. The van der Waals surface area contributed by atoms with Gasteiger partial charge in [0, 0.05) is 43.6 Å². The molecule has 1 aliphatic carbocycles. The van der Waals surface area contributed by atoms with E-state index in [1.54, 1.807) is 6.20 Å². The highest BCUT2D eigenvalue weighted by atomic mass is 16.5. The molecule has 2 aromatic heterocycles. The number of piperidine rings is 1. The first kappa shape index (κ1) is 26.2. The summed E-state index contributed by atoms with van der Waals surface area (Å²) < 4.78 is 7.36. The molecular weight excluding hydrogens is 510 g/mol. The molecule has 1 saturated carbocycles. The molecule has 210 valence electrons. The summed E-state index contributed by atoms with van der Waals surface area (Å²) >= 11 is 0. The maximum Gasteiger partial charge on any atom is 0.273 e. The van der Waals surface area contributed by atoms with Crippen molar-refractivity contribution in [1.29, 1.82) is 0 Å². The van der Waals surface area contributed by atoms with Crippen molar-refractivity contribution in [2.45, 2.75) is 69.5 Å². The number of amides is 2. The lowest BCUT2D eigenvalue weighted by atomic mass is 9.97. The van der Waals surface area contributed by atoms with E-state index >= 15 is 0 Å². The van der Waals surface area contributed by atoms with Crippen molar-refractivity contribution >= 4 is 29.3 Å². The summed E-state index contributed by atoms with van der Waals surface area (Å²) in [7, 11) is 0. The Bertz CT molecular complexity index is 1370. The summed E-state index contributed by atoms with van der Waals surface area (Å²) in [6, 6.07) is 8.01. The average Bonchev–Trinajstić information content (AvgIpc) is 3.73. The largest absolute Gasteiger partial charge is 0.381 e. The fraction of sp³-hybridized carbons (Fsp3) is 0.500. The van der Waals surface area contributed by atoms with E-state index in [0.29, 0.717) is 42.9 Å². The summed E-state index contributed by atoms with van der Waals surface area (Å²) in [6.07, 6.45) is 9.50. The Balaban J connectivity index is 1.17. The van der Waals surface area contributed by atoms with Gasteiger partial charge in [0.25, 0.3) is 11.8 Å². The van der Waals surface area contributed by atoms with Crippen LogP contribution in [0.15, 0.2) is 36.7 Å². The number of hydrogen-bond donors (Lipinski definition) is 3. The maximum atomic E-state index is 13.0. The number of carbonyl (C=O) groups is 2. The van der Waals surface area contributed by atoms with Crippen molar-refractivity contribution in [1.82, 2.24) is 30.3 Å². The number of ether oxygens (including phenoxy) is 1. The van der Waals surface area contributed by atoms with Crippen LogP contribution in [0.25, 0.3) is 0 Å². The van der Waals surface area contributed by atoms with Crippen LogP contribution in [0.4, 0.5) is 17.5 Å². The van der Waals surface area contributed by atoms with Crippen molar-refractivity contribution in [2.24, 2.45) is 5.73 Å². The van der Waals surface area contributed by atoms with Gasteiger partial charge in [-0.2, -0.15) is 10.1 Å². The third kappa shape index (κ3) is 5.62. The number of primary amides is 1. The smallest absolute Gasteiger partial charge is 0.273 e. The second kappa shape index (κ2) is 11.2. The highest BCUT2D eigenvalue weighted by molar-refractivity contribution is 5.96. The van der Waals surface area contributed by atoms with Gasteiger partial charge < -0.3 is 26.0 Å². The molecule has 3 aliphatic rings. The highest BCUT2D eigenvalue weighted by Gasteiger charge is 2.32. The summed E-state index contributed by atoms with van der Waals surface area (Å²) in [4.78, 5) is 31.8. The Morgan fingerprint density at radius 2 is 1.82 bits per heavy atom. The molecular formula is C28H35N9O3. The second-order valence-corrected chi connectivity index (χ2v) is 10.9. The van der Waals surface area contributed by atoms with E-state index in [9.17, 15) is 9.59 Å². The molecule has 2 aliphatic heterocycles. The number of aromatic nitrogens is 5. The van der Waals surface area contributed by atoms with Gasteiger partial charge in [0.15, 0.2) is 11.5 Å². The Labute approximate surface area is 232 Å². The van der Waals surface area contributed by atoms with Crippen molar-refractivity contribution in [2.75, 3.05) is 30.0 Å². The molecule has 12 heteroatoms. The minimum atomic E-state index is -0.726. The van der Waals surface area contributed by atoms with Crippen molar-refractivity contribution in [3.63, 3.8) is 0 Å². The SMILES string of the molecule is C[C@@H]1[C@H](NC(=O)c2ccc(C3CC3)cc2)CCCN1c1nnc(C(N)=O)c(Nc2cnn(C3CCOCC3)c2)n1. The van der Waals surface area contributed by atoms with Crippen molar-refractivity contribution in [3.8, 4) is 0 Å². The van der Waals surface area contributed by atoms with E-state index in [1.165, 1.54) is 18.4 Å². The van der Waals surface area contributed by atoms with E-state index in [-0.39, 0.29) is 35.5 Å². The minimum Gasteiger partial charge on any atom is -0.381 e. The average molecular weight is 546 g/mol. The van der Waals surface area contributed by atoms with E-state index in [2.05, 4.69) is 43.0 Å². The van der Waals surface area contributed by atoms with Gasteiger partial charge in [-0.3, -0.25) is 14.3 Å². The van der Waals surface area contributed by atoms with E-state index in [1.807, 2.05) is 34.8 Å². The molecule has 0 spiro atoms. The zero-order valence-electron chi connectivity index (χ0n) is 22.6. The molecule has 4 heterocycles. The first-order valence-electron chi connectivity index (χ1n) is 14.1. The summed E-state index contributed by atoms with van der Waals surface area (Å²) in [6.45, 7) is 4.15. The fourth-order valence-electron chi connectivity index (χ4n) is 5.57. The van der Waals surface area contributed by atoms with Crippen LogP contribution in [0.1, 0.15) is 83.8 Å². The number of carbonyl (C=O) groups excluding carboxylic acids is 2. The van der Waals surface area contributed by atoms with Crippen LogP contribution < -0.4 is 21.3 Å². The molecule has 2 atom stereocenters. The zero-order chi connectivity index (χ0) is 27.6. The summed E-state index contributed by atoms with van der Waals surface area (Å²) in [5.41, 5.74) is 8.17. The molecule has 2 amide bonds. The van der Waals surface area contributed by atoms with Crippen LogP contribution in [0.5, 0.6) is 0 Å². The van der Waals surface area contributed by atoms with Crippen molar-refractivity contribution < 1.29 is 14.3 Å². The molecule has 1 aromatic carbocycles. The number of anilines is 3. The third-order valence-corrected chi connectivity index (χ3v) is 8.12. The first-order valence-corrected chi connectivity index (χ1v) is 14.1. The van der Waals surface area contributed by atoms with Crippen LogP contribution in [-0.2, 0) is 4.74 Å². The highest BCUT2D eigenvalue weighted by Crippen LogP contribution is 2.40. The topological polar surface area (TPSA) is 153 Å². The molecule has 6 rings (SSSR count). The molecule has 0 unspecified atom stereocenters. The van der Waals surface area contributed by atoms with Gasteiger partial charge >= 0.3 is 0 Å². The predicted molar refractivity (Wildman–Crippen MR) is 149 cm³/mol. The molecule has 0 radical (unpaired) electrons. The maximum absolute atomic E-state index is 13.0. The van der Waals surface area contributed by atoms with E-state index in [4.69, 9.17) is 10.5 Å². The van der Waals surface area contributed by atoms with Gasteiger partial charge in [-0.15, -0.1) is 10.2 Å². The molecule has 3 aromatic rings. The van der Waals surface area contributed by atoms with Gasteiger partial charge in [-0.05, 0) is 69.1 Å². The lowest BCUT2D eigenvalue weighted by molar-refractivity contribution is 0.0662. The Morgan fingerprint density at radius 3 is 2.55 bits per heavy atom. The zero-order valence-corrected chi connectivity index (χ0v) is 22.6. The Kier molecular flexibility index (Phi) is 7.33. The molecule has 12 nitrogen and oxygen atoms in total. The van der Waals surface area contributed by atoms with Crippen LogP contribution in [0.3, 0.4) is 0 Å². The number of hydrogen-bond acceptors (Lipinski definition) is 9. The molecule has 2 saturated heterocycles. The van der Waals surface area contributed by atoms with Crippen LogP contribution >= 0.6 is 0 Å². The standard InChI is InChI=1S/C28H35N9O3/c1-17-23(32-27(39)20-8-6-19(7-9-20)18-4-5-18)3-2-12-36(17)28-33-26(24(25(29)38)34-35-28)31-21-15-30-37(16-21)22-10-13-40-14-11-22/h6-9,15-18,22-23H,2-5,10-14H2,1H3,(H2,29,38)(H,32,39)(H,31,33,35)/t17-,23-/m1/s1. The number of nitrogens with one attached hydrogen (secondary N) is 2. The monoisotopic (exact) mass is 545 g/mol. The lowest BCUT2D eigenvalue weighted by Crippen LogP contribution is -2.54. The van der Waals surface area contributed by atoms with Crippen LogP contribution in [0.2, 0.25) is 0 Å². The Hall–Kier alpha value is -4.06. The van der Waals surface area contributed by atoms with Gasteiger partial charge in [-0.1, -0.05) is 12.1 Å². The van der Waals surface area contributed by atoms with Crippen molar-refractivity contribution in [3.05, 3.63) is 53.5 Å². The quantitative estimate of drug-likeness (QED) is 0.388. The number of nitrogens with zero attached hydrogens (tertiary/aromatic N) is 6. The van der Waals surface area contributed by atoms with Gasteiger partial charge in [0.2, 0.25) is 5.95 Å². The summed E-state index contributed by atoms with van der Waals surface area (Å²) in [5.74, 6) is 0.423. The number of nitrogens with two attached hydrogens (primary N) is 1.